The van der Waals surface area contributed by atoms with Crippen molar-refractivity contribution in [2.75, 3.05) is 44.8 Å². The number of nitrogens with zero attached hydrogens (tertiary/aromatic N) is 2. The van der Waals surface area contributed by atoms with Gasteiger partial charge in [0.1, 0.15) is 17.6 Å². The van der Waals surface area contributed by atoms with Crippen LogP contribution in [-0.2, 0) is 16.0 Å². The Morgan fingerprint density at radius 1 is 1.00 bits per heavy atom. The molecule has 1 saturated heterocycles. The monoisotopic (exact) mass is 485 g/mol. The number of piperazine rings is 1. The average Bonchev–Trinajstić information content (AvgIpc) is 2.91. The molecule has 3 rings (SSSR count). The van der Waals surface area contributed by atoms with E-state index in [1.807, 2.05) is 55.5 Å². The van der Waals surface area contributed by atoms with Crippen LogP contribution in [0, 0.1) is 5.92 Å². The summed E-state index contributed by atoms with van der Waals surface area (Å²) in [5.41, 5.74) is 3.60. The molecule has 1 unspecified atom stereocenters. The first-order valence-electron chi connectivity index (χ1n) is 12.0. The van der Waals surface area contributed by atoms with E-state index in [4.69, 9.17) is 14.7 Å². The molecule has 1 aliphatic heterocycles. The summed E-state index contributed by atoms with van der Waals surface area (Å²) in [6, 6.07) is 15.5. The van der Waals surface area contributed by atoms with Gasteiger partial charge in [-0.15, -0.1) is 0 Å². The Labute approximate surface area is 206 Å². The Bertz CT molecular complexity index is 943. The molecule has 2 aromatic rings. The van der Waals surface area contributed by atoms with Gasteiger partial charge in [-0.1, -0.05) is 12.1 Å². The number of hydrogen-bond donors (Lipinski definition) is 3. The Kier molecular flexibility index (Phi) is 9.75. The summed E-state index contributed by atoms with van der Waals surface area (Å²) in [4.78, 5) is 29.1. The van der Waals surface area contributed by atoms with Crippen LogP contribution in [0.15, 0.2) is 48.5 Å². The normalized spacial score (nSPS) is 15.3. The van der Waals surface area contributed by atoms with Crippen LogP contribution in [-0.4, -0.2) is 73.0 Å². The van der Waals surface area contributed by atoms with Crippen LogP contribution in [0.2, 0.25) is 0 Å². The van der Waals surface area contributed by atoms with Crippen LogP contribution < -0.4 is 19.9 Å². The van der Waals surface area contributed by atoms with Gasteiger partial charge in [-0.2, -0.15) is 0 Å². The minimum absolute atomic E-state index is 0.276. The molecule has 0 spiro atoms. The lowest BCUT2D eigenvalue weighted by Crippen LogP contribution is -2.53. The third-order valence-electron chi connectivity index (χ3n) is 6.32. The van der Waals surface area contributed by atoms with Gasteiger partial charge < -0.3 is 24.4 Å². The Morgan fingerprint density at radius 3 is 2.20 bits per heavy atom. The van der Waals surface area contributed by atoms with Crippen molar-refractivity contribution in [1.29, 1.82) is 0 Å². The molecule has 9 heteroatoms. The van der Waals surface area contributed by atoms with Crippen LogP contribution in [0.4, 0.5) is 5.69 Å². The number of aliphatic hydroxyl groups excluding tert-OH is 1. The number of rotatable bonds is 11. The van der Waals surface area contributed by atoms with Gasteiger partial charge in [0, 0.05) is 31.9 Å². The van der Waals surface area contributed by atoms with Crippen molar-refractivity contribution in [2.45, 2.75) is 32.3 Å². The second-order valence-electron chi connectivity index (χ2n) is 8.51. The van der Waals surface area contributed by atoms with Crippen LogP contribution in [0.3, 0.4) is 0 Å². The van der Waals surface area contributed by atoms with E-state index in [1.165, 1.54) is 5.48 Å². The number of methoxy groups -OCH3 is 1. The maximum absolute atomic E-state index is 13.3. The molecule has 2 aromatic carbocycles. The van der Waals surface area contributed by atoms with Crippen molar-refractivity contribution >= 4 is 17.5 Å². The largest absolute Gasteiger partial charge is 0.497 e. The summed E-state index contributed by atoms with van der Waals surface area (Å²) >= 11 is 0. The fourth-order valence-corrected chi connectivity index (χ4v) is 4.32. The highest BCUT2D eigenvalue weighted by Crippen LogP contribution is 2.23. The number of nitrogens with one attached hydrogen (secondary N) is 1. The topological polar surface area (TPSA) is 112 Å². The first kappa shape index (κ1) is 26.3. The molecule has 1 fully saturated rings. The van der Waals surface area contributed by atoms with Gasteiger partial charge >= 0.3 is 0 Å². The summed E-state index contributed by atoms with van der Waals surface area (Å²) in [5.74, 6) is -0.597. The minimum atomic E-state index is -1.62. The maximum atomic E-state index is 13.3. The van der Waals surface area contributed by atoms with Crippen LogP contribution in [0.25, 0.3) is 0 Å². The number of benzene rings is 2. The molecule has 1 aliphatic rings. The number of hydrogen-bond acceptors (Lipinski definition) is 7. The number of aliphatic hydroxyl groups is 1. The molecule has 1 heterocycles. The van der Waals surface area contributed by atoms with Crippen LogP contribution >= 0.6 is 0 Å². The number of ether oxygens (including phenoxy) is 2. The van der Waals surface area contributed by atoms with Crippen LogP contribution in [0.5, 0.6) is 11.5 Å². The van der Waals surface area contributed by atoms with Crippen molar-refractivity contribution in [1.82, 2.24) is 10.4 Å². The number of anilines is 1. The number of amides is 2. The fraction of sp³-hybridized carbons (Fsp3) is 0.462. The zero-order chi connectivity index (χ0) is 25.2. The summed E-state index contributed by atoms with van der Waals surface area (Å²) in [6.45, 7) is 4.76. The average molecular weight is 486 g/mol. The van der Waals surface area contributed by atoms with E-state index < -0.39 is 17.9 Å². The lowest BCUT2D eigenvalue weighted by Gasteiger charge is -2.38. The third-order valence-corrected chi connectivity index (χ3v) is 6.32. The van der Waals surface area contributed by atoms with E-state index in [-0.39, 0.29) is 5.91 Å². The van der Waals surface area contributed by atoms with Gasteiger partial charge in [0.05, 0.1) is 19.6 Å². The standard InChI is InChI=1S/C26H35N3O6/c1-3-35-22-11-7-19(8-12-22)5-4-6-23(24(30)25(31)27-33)26(32)29-17-15-28(16-18-29)20-9-13-21(34-2)14-10-20/h7-14,23-24,30,33H,3-6,15-18H2,1-2H3,(H,27,31)/t23?,24-/m0/s1. The van der Waals surface area contributed by atoms with E-state index in [1.54, 1.807) is 12.0 Å². The molecule has 2 atom stereocenters. The predicted molar refractivity (Wildman–Crippen MR) is 132 cm³/mol. The van der Waals surface area contributed by atoms with Crippen LogP contribution in [0.1, 0.15) is 25.3 Å². The zero-order valence-electron chi connectivity index (χ0n) is 20.4. The lowest BCUT2D eigenvalue weighted by molar-refractivity contribution is -0.150. The van der Waals surface area contributed by atoms with Crippen molar-refractivity contribution in [2.24, 2.45) is 5.92 Å². The number of aryl methyl sites for hydroxylation is 1. The first-order chi connectivity index (χ1) is 17.0. The Morgan fingerprint density at radius 2 is 1.63 bits per heavy atom. The molecular weight excluding hydrogens is 450 g/mol. The molecule has 0 saturated carbocycles. The van der Waals surface area contributed by atoms with E-state index >= 15 is 0 Å². The van der Waals surface area contributed by atoms with Gasteiger partial charge in [0.15, 0.2) is 0 Å². The quantitative estimate of drug-likeness (QED) is 0.331. The second kappa shape index (κ2) is 13.0. The zero-order valence-corrected chi connectivity index (χ0v) is 20.4. The third kappa shape index (κ3) is 7.10. The smallest absolute Gasteiger partial charge is 0.272 e. The van der Waals surface area contributed by atoms with Crippen molar-refractivity contribution in [3.8, 4) is 11.5 Å². The van der Waals surface area contributed by atoms with Gasteiger partial charge in [0.2, 0.25) is 5.91 Å². The fourth-order valence-electron chi connectivity index (χ4n) is 4.32. The van der Waals surface area contributed by atoms with E-state index in [0.29, 0.717) is 52.0 Å². The predicted octanol–water partition coefficient (Wildman–Crippen LogP) is 2.25. The van der Waals surface area contributed by atoms with Gasteiger partial charge in [0.25, 0.3) is 5.91 Å². The molecule has 3 N–H and O–H groups in total. The second-order valence-corrected chi connectivity index (χ2v) is 8.51. The van der Waals surface area contributed by atoms with Crippen molar-refractivity contribution in [3.05, 3.63) is 54.1 Å². The van der Waals surface area contributed by atoms with E-state index in [0.717, 1.165) is 22.7 Å². The first-order valence-corrected chi connectivity index (χ1v) is 12.0. The molecule has 0 bridgehead atoms. The molecule has 0 radical (unpaired) electrons. The molecule has 0 aliphatic carbocycles. The highest BCUT2D eigenvalue weighted by molar-refractivity contribution is 5.88. The summed E-state index contributed by atoms with van der Waals surface area (Å²) in [6.07, 6.45) is -0.00680. The van der Waals surface area contributed by atoms with Gasteiger partial charge in [-0.3, -0.25) is 14.8 Å². The number of carbonyl (C=O) groups excluding carboxylic acids is 2. The lowest BCUT2D eigenvalue weighted by atomic mass is 9.92. The molecule has 35 heavy (non-hydrogen) atoms. The highest BCUT2D eigenvalue weighted by Gasteiger charge is 2.35. The Hall–Kier alpha value is -3.30. The van der Waals surface area contributed by atoms with Crippen molar-refractivity contribution < 1.29 is 29.4 Å². The van der Waals surface area contributed by atoms with Gasteiger partial charge in [-0.05, 0) is 68.1 Å². The number of carbonyl (C=O) groups is 2. The molecule has 9 nitrogen and oxygen atoms in total. The summed E-state index contributed by atoms with van der Waals surface area (Å²) in [7, 11) is 1.62. The SMILES string of the molecule is CCOc1ccc(CCCC(C(=O)N2CCN(c3ccc(OC)cc3)CC2)[C@H](O)C(=O)NO)cc1. The minimum Gasteiger partial charge on any atom is -0.497 e. The summed E-state index contributed by atoms with van der Waals surface area (Å²) in [5, 5.41) is 19.5. The maximum Gasteiger partial charge on any atom is 0.272 e. The van der Waals surface area contributed by atoms with E-state index in [2.05, 4.69) is 4.90 Å². The Balaban J connectivity index is 1.58. The molecule has 190 valence electrons. The molecular formula is C26H35N3O6. The van der Waals surface area contributed by atoms with Gasteiger partial charge in [-0.25, -0.2) is 5.48 Å². The van der Waals surface area contributed by atoms with E-state index in [9.17, 15) is 14.7 Å². The number of hydroxylamine groups is 1. The van der Waals surface area contributed by atoms with Crippen molar-refractivity contribution in [3.63, 3.8) is 0 Å². The summed E-state index contributed by atoms with van der Waals surface area (Å²) < 4.78 is 10.7. The highest BCUT2D eigenvalue weighted by atomic mass is 16.5. The molecule has 2 amide bonds. The molecule has 0 aromatic heterocycles.